The van der Waals surface area contributed by atoms with E-state index in [1.165, 1.54) is 24.9 Å². The smallest absolute Gasteiger partial charge is 0.126 e. The van der Waals surface area contributed by atoms with Gasteiger partial charge in [0, 0.05) is 24.8 Å². The van der Waals surface area contributed by atoms with Crippen molar-refractivity contribution in [1.82, 2.24) is 5.32 Å². The van der Waals surface area contributed by atoms with Crippen LogP contribution in [-0.2, 0) is 0 Å². The van der Waals surface area contributed by atoms with E-state index < -0.39 is 0 Å². The first kappa shape index (κ1) is 13.3. The third kappa shape index (κ3) is 2.37. The maximum absolute atomic E-state index is 13.8. The molecule has 18 heavy (non-hydrogen) atoms. The van der Waals surface area contributed by atoms with E-state index in [2.05, 4.69) is 24.2 Å². The highest BCUT2D eigenvalue weighted by molar-refractivity contribution is 5.57. The number of halogens is 1. The minimum Gasteiger partial charge on any atom is -0.371 e. The van der Waals surface area contributed by atoms with E-state index in [1.54, 1.807) is 6.07 Å². The van der Waals surface area contributed by atoms with Gasteiger partial charge in [-0.3, -0.25) is 0 Å². The summed E-state index contributed by atoms with van der Waals surface area (Å²) in [5.74, 6) is -0.113. The van der Waals surface area contributed by atoms with Crippen molar-refractivity contribution in [3.8, 4) is 0 Å². The van der Waals surface area contributed by atoms with Gasteiger partial charge in [0.05, 0.1) is 0 Å². The number of nitrogens with zero attached hydrogens (tertiary/aromatic N) is 1. The van der Waals surface area contributed by atoms with Gasteiger partial charge in [-0.1, -0.05) is 0 Å². The van der Waals surface area contributed by atoms with Crippen LogP contribution in [0.25, 0.3) is 0 Å². The van der Waals surface area contributed by atoms with Crippen LogP contribution in [-0.4, -0.2) is 20.1 Å². The van der Waals surface area contributed by atoms with Crippen LogP contribution < -0.4 is 10.2 Å². The SMILES string of the molecule is CNC(C)c1cc(F)c(C)cc1N(C)C1CCC1. The van der Waals surface area contributed by atoms with Crippen LogP contribution in [0.3, 0.4) is 0 Å². The van der Waals surface area contributed by atoms with E-state index in [4.69, 9.17) is 0 Å². The predicted molar refractivity (Wildman–Crippen MR) is 74.7 cm³/mol. The summed E-state index contributed by atoms with van der Waals surface area (Å²) in [5, 5.41) is 3.20. The summed E-state index contributed by atoms with van der Waals surface area (Å²) < 4.78 is 13.8. The lowest BCUT2D eigenvalue weighted by atomic mass is 9.90. The lowest BCUT2D eigenvalue weighted by Gasteiger charge is -2.38. The standard InChI is InChI=1S/C15H23FN2/c1-10-8-15(18(4)12-6-5-7-12)13(9-14(10)16)11(2)17-3/h8-9,11-12,17H,5-7H2,1-4H3. The van der Waals surface area contributed by atoms with E-state index in [-0.39, 0.29) is 11.9 Å². The average Bonchev–Trinajstić information content (AvgIpc) is 2.28. The molecule has 1 fully saturated rings. The van der Waals surface area contributed by atoms with Crippen LogP contribution in [0.5, 0.6) is 0 Å². The highest BCUT2D eigenvalue weighted by atomic mass is 19.1. The molecule has 1 aliphatic carbocycles. The second-order valence-corrected chi connectivity index (χ2v) is 5.37. The fourth-order valence-corrected chi connectivity index (χ4v) is 2.46. The van der Waals surface area contributed by atoms with Gasteiger partial charge in [-0.15, -0.1) is 0 Å². The average molecular weight is 250 g/mol. The van der Waals surface area contributed by atoms with Gasteiger partial charge in [0.25, 0.3) is 0 Å². The van der Waals surface area contributed by atoms with Crippen LogP contribution in [0.4, 0.5) is 10.1 Å². The lowest BCUT2D eigenvalue weighted by molar-refractivity contribution is 0.400. The Hall–Kier alpha value is -1.09. The van der Waals surface area contributed by atoms with E-state index in [1.807, 2.05) is 20.0 Å². The van der Waals surface area contributed by atoms with E-state index >= 15 is 0 Å². The number of nitrogens with one attached hydrogen (secondary N) is 1. The normalized spacial score (nSPS) is 17.4. The second kappa shape index (κ2) is 5.27. The van der Waals surface area contributed by atoms with Gasteiger partial charge in [-0.2, -0.15) is 0 Å². The van der Waals surface area contributed by atoms with E-state index in [0.717, 1.165) is 11.1 Å². The third-order valence-corrected chi connectivity index (χ3v) is 4.21. The summed E-state index contributed by atoms with van der Waals surface area (Å²) in [6.07, 6.45) is 3.81. The lowest BCUT2D eigenvalue weighted by Crippen LogP contribution is -2.38. The Morgan fingerprint density at radius 2 is 2.06 bits per heavy atom. The van der Waals surface area contributed by atoms with Crippen molar-refractivity contribution in [1.29, 1.82) is 0 Å². The highest BCUT2D eigenvalue weighted by Crippen LogP contribution is 2.34. The molecule has 1 aromatic rings. The van der Waals surface area contributed by atoms with Gasteiger partial charge in [-0.25, -0.2) is 4.39 Å². The number of benzene rings is 1. The quantitative estimate of drug-likeness (QED) is 0.881. The fourth-order valence-electron chi connectivity index (χ4n) is 2.46. The zero-order chi connectivity index (χ0) is 13.3. The molecule has 2 nitrogen and oxygen atoms in total. The van der Waals surface area contributed by atoms with Gasteiger partial charge in [-0.05, 0) is 63.4 Å². The first-order chi connectivity index (χ1) is 8.54. The number of hydrogen-bond acceptors (Lipinski definition) is 2. The molecule has 100 valence electrons. The fraction of sp³-hybridized carbons (Fsp3) is 0.600. The summed E-state index contributed by atoms with van der Waals surface area (Å²) in [6.45, 7) is 3.91. The largest absolute Gasteiger partial charge is 0.371 e. The molecule has 1 aromatic carbocycles. The van der Waals surface area contributed by atoms with Crippen molar-refractivity contribution in [2.45, 2.75) is 45.2 Å². The maximum Gasteiger partial charge on any atom is 0.126 e. The molecule has 1 unspecified atom stereocenters. The maximum atomic E-state index is 13.8. The van der Waals surface area contributed by atoms with Crippen molar-refractivity contribution in [2.24, 2.45) is 0 Å². The van der Waals surface area contributed by atoms with Gasteiger partial charge >= 0.3 is 0 Å². The van der Waals surface area contributed by atoms with Gasteiger partial charge in [0.15, 0.2) is 0 Å². The molecule has 1 atom stereocenters. The third-order valence-electron chi connectivity index (χ3n) is 4.21. The predicted octanol–water partition coefficient (Wildman–Crippen LogP) is 3.40. The number of aryl methyl sites for hydroxylation is 1. The Morgan fingerprint density at radius 3 is 2.56 bits per heavy atom. The molecule has 0 spiro atoms. The minimum absolute atomic E-state index is 0.113. The first-order valence-electron chi connectivity index (χ1n) is 6.74. The first-order valence-corrected chi connectivity index (χ1v) is 6.74. The van der Waals surface area contributed by atoms with Crippen LogP contribution in [0.15, 0.2) is 12.1 Å². The summed E-state index contributed by atoms with van der Waals surface area (Å²) in [4.78, 5) is 2.32. The molecule has 1 saturated carbocycles. The molecule has 0 radical (unpaired) electrons. The van der Waals surface area contributed by atoms with Crippen molar-refractivity contribution < 1.29 is 4.39 Å². The van der Waals surface area contributed by atoms with Gasteiger partial charge in [0.2, 0.25) is 0 Å². The molecule has 0 amide bonds. The molecule has 0 heterocycles. The summed E-state index contributed by atoms with van der Waals surface area (Å²) in [7, 11) is 4.04. The number of hydrogen-bond donors (Lipinski definition) is 1. The molecule has 0 saturated heterocycles. The molecular formula is C15H23FN2. The molecule has 1 aliphatic rings. The van der Waals surface area contributed by atoms with Crippen molar-refractivity contribution in [3.63, 3.8) is 0 Å². The molecule has 0 aromatic heterocycles. The highest BCUT2D eigenvalue weighted by Gasteiger charge is 2.25. The Labute approximate surface area is 109 Å². The summed E-state index contributed by atoms with van der Waals surface area (Å²) in [5.41, 5.74) is 2.94. The second-order valence-electron chi connectivity index (χ2n) is 5.37. The van der Waals surface area contributed by atoms with Gasteiger partial charge < -0.3 is 10.2 Å². The Kier molecular flexibility index (Phi) is 3.91. The number of rotatable bonds is 4. The molecule has 1 N–H and O–H groups in total. The molecule has 0 aliphatic heterocycles. The molecule has 3 heteroatoms. The monoisotopic (exact) mass is 250 g/mol. The van der Waals surface area contributed by atoms with Crippen molar-refractivity contribution in [2.75, 3.05) is 19.0 Å². The minimum atomic E-state index is -0.113. The zero-order valence-electron chi connectivity index (χ0n) is 11.8. The van der Waals surface area contributed by atoms with Crippen LogP contribution in [0.1, 0.15) is 43.4 Å². The Bertz CT molecular complexity index is 427. The molecular weight excluding hydrogens is 227 g/mol. The zero-order valence-corrected chi connectivity index (χ0v) is 11.8. The van der Waals surface area contributed by atoms with Crippen molar-refractivity contribution >= 4 is 5.69 Å². The van der Waals surface area contributed by atoms with Crippen LogP contribution in [0.2, 0.25) is 0 Å². The summed E-state index contributed by atoms with van der Waals surface area (Å²) in [6, 6.07) is 4.45. The van der Waals surface area contributed by atoms with E-state index in [9.17, 15) is 4.39 Å². The summed E-state index contributed by atoms with van der Waals surface area (Å²) >= 11 is 0. The van der Waals surface area contributed by atoms with Gasteiger partial charge in [0.1, 0.15) is 5.82 Å². The van der Waals surface area contributed by atoms with Crippen LogP contribution >= 0.6 is 0 Å². The van der Waals surface area contributed by atoms with Crippen molar-refractivity contribution in [3.05, 3.63) is 29.1 Å². The molecule has 0 bridgehead atoms. The Morgan fingerprint density at radius 1 is 1.39 bits per heavy atom. The van der Waals surface area contributed by atoms with E-state index in [0.29, 0.717) is 6.04 Å². The Balaban J connectivity index is 2.39. The molecule has 2 rings (SSSR count). The topological polar surface area (TPSA) is 15.3 Å². The van der Waals surface area contributed by atoms with Crippen LogP contribution in [0, 0.1) is 12.7 Å². The number of anilines is 1.